The predicted octanol–water partition coefficient (Wildman–Crippen LogP) is 1.92. The van der Waals surface area contributed by atoms with Gasteiger partial charge < -0.3 is 15.5 Å². The summed E-state index contributed by atoms with van der Waals surface area (Å²) >= 11 is 1.09. The number of benzene rings is 1. The number of nitrogens with zero attached hydrogens (tertiary/aromatic N) is 4. The Hall–Kier alpha value is -3.84. The van der Waals surface area contributed by atoms with Crippen LogP contribution >= 0.6 is 11.3 Å². The fourth-order valence-electron chi connectivity index (χ4n) is 3.24. The number of hydrogen-bond donors (Lipinski definition) is 2. The van der Waals surface area contributed by atoms with Crippen LogP contribution in [0.5, 0.6) is 0 Å². The molecule has 0 unspecified atom stereocenters. The molecule has 0 fully saturated rings. The maximum Gasteiger partial charge on any atom is 0.277 e. The molecule has 0 atom stereocenters. The van der Waals surface area contributed by atoms with E-state index in [1.165, 1.54) is 16.6 Å². The van der Waals surface area contributed by atoms with Crippen molar-refractivity contribution in [3.05, 3.63) is 61.2 Å². The molecule has 1 aromatic carbocycles. The van der Waals surface area contributed by atoms with Crippen LogP contribution in [0.2, 0.25) is 0 Å². The van der Waals surface area contributed by atoms with E-state index in [4.69, 9.17) is 5.26 Å². The molecule has 1 aromatic heterocycles. The highest BCUT2D eigenvalue weighted by Crippen LogP contribution is 2.12. The molecule has 2 N–H and O–H groups in total. The molecule has 0 aliphatic carbocycles. The summed E-state index contributed by atoms with van der Waals surface area (Å²) in [6, 6.07) is 11.7. The number of thiazole rings is 1. The fraction of sp³-hybridized carbons (Fsp3) is 0.407. The number of nitrogens with one attached hydrogen (secondary N) is 2. The maximum atomic E-state index is 12.8. The van der Waals surface area contributed by atoms with Gasteiger partial charge in [0.2, 0.25) is 0 Å². The van der Waals surface area contributed by atoms with Gasteiger partial charge in [0.05, 0.1) is 6.07 Å². The van der Waals surface area contributed by atoms with E-state index in [2.05, 4.69) is 60.0 Å². The van der Waals surface area contributed by atoms with Crippen LogP contribution in [0.4, 0.5) is 5.69 Å². The molecule has 2 rings (SSSR count). The lowest BCUT2D eigenvalue weighted by Gasteiger charge is -2.17. The molecule has 36 heavy (non-hydrogen) atoms. The van der Waals surface area contributed by atoms with Crippen molar-refractivity contribution < 1.29 is 4.79 Å². The molecule has 9 heteroatoms. The summed E-state index contributed by atoms with van der Waals surface area (Å²) in [5, 5.41) is 23.4. The van der Waals surface area contributed by atoms with Gasteiger partial charge in [-0.15, -0.1) is 0 Å². The summed E-state index contributed by atoms with van der Waals surface area (Å²) in [4.78, 5) is 27.1. The number of carbonyl (C=O) groups is 1. The SMILES string of the molecule is CCn1c(=C=C(C#N)C(=O)NCC#N)sc(=C=CNc2cccc(CCN(C)CCC(C)C)c2)c1=O. The quantitative estimate of drug-likeness (QED) is 0.275. The first-order valence-electron chi connectivity index (χ1n) is 11.8. The van der Waals surface area contributed by atoms with E-state index in [9.17, 15) is 14.9 Å². The summed E-state index contributed by atoms with van der Waals surface area (Å²) in [6.45, 7) is 8.45. The van der Waals surface area contributed by atoms with Crippen molar-refractivity contribution >= 4 is 34.4 Å². The minimum atomic E-state index is -0.712. The summed E-state index contributed by atoms with van der Waals surface area (Å²) in [5.41, 5.74) is 7.21. The van der Waals surface area contributed by atoms with Gasteiger partial charge in [0, 0.05) is 25.0 Å². The summed E-state index contributed by atoms with van der Waals surface area (Å²) in [6.07, 6.45) is 3.71. The van der Waals surface area contributed by atoms with Crippen LogP contribution in [-0.2, 0) is 17.8 Å². The van der Waals surface area contributed by atoms with Crippen LogP contribution in [0.25, 0.3) is 11.5 Å². The van der Waals surface area contributed by atoms with Gasteiger partial charge in [-0.2, -0.15) is 10.5 Å². The van der Waals surface area contributed by atoms with Crippen LogP contribution in [0, 0.1) is 28.6 Å². The van der Waals surface area contributed by atoms with E-state index >= 15 is 0 Å². The van der Waals surface area contributed by atoms with E-state index in [-0.39, 0.29) is 17.7 Å². The van der Waals surface area contributed by atoms with Gasteiger partial charge in [0.25, 0.3) is 11.5 Å². The number of rotatable bonds is 11. The van der Waals surface area contributed by atoms with Crippen molar-refractivity contribution in [1.82, 2.24) is 14.8 Å². The molecule has 0 radical (unpaired) electrons. The second-order valence-electron chi connectivity index (χ2n) is 8.61. The van der Waals surface area contributed by atoms with Crippen LogP contribution < -0.4 is 25.4 Å². The zero-order valence-electron chi connectivity index (χ0n) is 21.2. The van der Waals surface area contributed by atoms with Gasteiger partial charge in [0.15, 0.2) is 5.57 Å². The number of nitriles is 2. The second-order valence-corrected chi connectivity index (χ2v) is 9.61. The molecule has 1 amide bonds. The smallest absolute Gasteiger partial charge is 0.277 e. The van der Waals surface area contributed by atoms with Crippen LogP contribution in [-0.4, -0.2) is 42.1 Å². The molecule has 188 valence electrons. The van der Waals surface area contributed by atoms with Gasteiger partial charge in [0.1, 0.15) is 21.8 Å². The first kappa shape index (κ1) is 28.4. The lowest BCUT2D eigenvalue weighted by molar-refractivity contribution is -0.116. The molecular weight excluding hydrogens is 472 g/mol. The van der Waals surface area contributed by atoms with E-state index in [0.717, 1.165) is 36.5 Å². The summed E-state index contributed by atoms with van der Waals surface area (Å²) < 4.78 is 2.08. The highest BCUT2D eigenvalue weighted by molar-refractivity contribution is 7.07. The molecule has 0 bridgehead atoms. The first-order chi connectivity index (χ1) is 17.3. The standard InChI is InChI=1S/C27H32N6O2S/c1-5-33-25(18-22(19-29)26(34)31-14-12-28)36-24(27(33)35)9-13-30-23-8-6-7-21(17-23)11-16-32(4)15-10-20(2)3/h6-8,13,17,20,30H,5,10-11,14-16H2,1-4H3,(H,31,34). The lowest BCUT2D eigenvalue weighted by Crippen LogP contribution is -2.30. The van der Waals surface area contributed by atoms with Gasteiger partial charge >= 0.3 is 0 Å². The number of hydrogen-bond acceptors (Lipinski definition) is 7. The van der Waals surface area contributed by atoms with Crippen molar-refractivity contribution in [2.75, 3.05) is 32.0 Å². The molecule has 0 aliphatic rings. The highest BCUT2D eigenvalue weighted by Gasteiger charge is 2.09. The van der Waals surface area contributed by atoms with E-state index in [1.54, 1.807) is 25.3 Å². The normalized spacial score (nSPS) is 10.2. The first-order valence-corrected chi connectivity index (χ1v) is 12.7. The fourth-order valence-corrected chi connectivity index (χ4v) is 4.23. The Labute approximate surface area is 215 Å². The monoisotopic (exact) mass is 504 g/mol. The topological polar surface area (TPSA) is 114 Å². The third-order valence-corrected chi connectivity index (χ3v) is 6.35. The lowest BCUT2D eigenvalue weighted by atomic mass is 10.1. The van der Waals surface area contributed by atoms with Crippen molar-refractivity contribution in [3.63, 3.8) is 0 Å². The van der Waals surface area contributed by atoms with E-state index in [0.29, 0.717) is 21.7 Å². The van der Waals surface area contributed by atoms with Crippen molar-refractivity contribution in [2.45, 2.75) is 40.2 Å². The number of likely N-dealkylation sites (N-methyl/N-ethyl adjacent to an activating group) is 1. The molecule has 1 heterocycles. The van der Waals surface area contributed by atoms with Crippen LogP contribution in [0.1, 0.15) is 32.8 Å². The summed E-state index contributed by atoms with van der Waals surface area (Å²) in [5.74, 6) is -0.0172. The Morgan fingerprint density at radius 1 is 1.28 bits per heavy atom. The Morgan fingerprint density at radius 3 is 2.72 bits per heavy atom. The molecular formula is C27H32N6O2S. The Morgan fingerprint density at radius 2 is 2.06 bits per heavy atom. The molecule has 0 aliphatic heterocycles. The Balaban J connectivity index is 2.26. The number of aromatic nitrogens is 1. The zero-order valence-corrected chi connectivity index (χ0v) is 22.0. The van der Waals surface area contributed by atoms with Gasteiger partial charge in [-0.3, -0.25) is 14.2 Å². The molecule has 8 nitrogen and oxygen atoms in total. The predicted molar refractivity (Wildman–Crippen MR) is 143 cm³/mol. The van der Waals surface area contributed by atoms with E-state index < -0.39 is 5.91 Å². The average Bonchev–Trinajstić information content (AvgIpc) is 3.17. The van der Waals surface area contributed by atoms with Gasteiger partial charge in [-0.25, -0.2) is 0 Å². The second kappa shape index (κ2) is 14.5. The third kappa shape index (κ3) is 8.74. The zero-order chi connectivity index (χ0) is 26.5. The van der Waals surface area contributed by atoms with Gasteiger partial charge in [-0.05, 0) is 57.0 Å². The highest BCUT2D eigenvalue weighted by atomic mass is 32.1. The molecule has 2 aromatic rings. The molecule has 0 saturated heterocycles. The Bertz CT molecular complexity index is 1390. The number of amides is 1. The van der Waals surface area contributed by atoms with Crippen LogP contribution in [0.15, 0.2) is 40.8 Å². The van der Waals surface area contributed by atoms with Crippen molar-refractivity contribution in [2.24, 2.45) is 5.92 Å². The largest absolute Gasteiger partial charge is 0.355 e. The van der Waals surface area contributed by atoms with Crippen molar-refractivity contribution in [3.8, 4) is 12.1 Å². The van der Waals surface area contributed by atoms with E-state index in [1.807, 2.05) is 12.1 Å². The minimum Gasteiger partial charge on any atom is -0.355 e. The van der Waals surface area contributed by atoms with Gasteiger partial charge in [-0.1, -0.05) is 48.8 Å². The third-order valence-electron chi connectivity index (χ3n) is 5.34. The number of anilines is 1. The maximum absolute atomic E-state index is 12.8. The minimum absolute atomic E-state index is 0.222. The average molecular weight is 505 g/mol. The molecule has 0 saturated carbocycles. The Kier molecular flexibility index (Phi) is 11.5. The molecule has 0 spiro atoms. The number of carbonyl (C=O) groups excluding carboxylic acids is 1. The van der Waals surface area contributed by atoms with Crippen LogP contribution in [0.3, 0.4) is 0 Å². The summed E-state index contributed by atoms with van der Waals surface area (Å²) in [7, 11) is 2.14. The van der Waals surface area contributed by atoms with Crippen molar-refractivity contribution in [1.29, 1.82) is 10.5 Å².